The van der Waals surface area contributed by atoms with Crippen molar-refractivity contribution in [2.45, 2.75) is 12.4 Å². The van der Waals surface area contributed by atoms with Crippen molar-refractivity contribution in [3.8, 4) is 5.75 Å². The molecule has 0 amide bonds. The first-order chi connectivity index (χ1) is 6.93. The third-order valence-electron chi connectivity index (χ3n) is 1.72. The molecule has 82 valence electrons. The third-order valence-corrected chi connectivity index (χ3v) is 2.63. The molecule has 0 spiro atoms. The molecule has 0 saturated heterocycles. The molecular weight excluding hydrogens is 243 g/mol. The molecule has 0 heterocycles. The van der Waals surface area contributed by atoms with E-state index >= 15 is 0 Å². The average Bonchev–Trinajstić information content (AvgIpc) is 2.17. The molecule has 7 heteroatoms. The number of ether oxygens (including phenoxy) is 1. The Hall–Kier alpha value is -0.400. The zero-order valence-electron chi connectivity index (χ0n) is 8.91. The van der Waals surface area contributed by atoms with E-state index in [4.69, 9.17) is 4.74 Å². The van der Waals surface area contributed by atoms with Crippen LogP contribution in [-0.4, -0.2) is 24.7 Å². The number of hydrogen-bond acceptors (Lipinski definition) is 5. The standard InChI is InChI=1S/C9H10O5S.Na/c1-7(15(11,12)13)14-9-4-2-8(6-10)3-5-9;/h2-7H,1H3,(H,11,12,13);/q;+1/p-1. The zero-order chi connectivity index (χ0) is 11.5. The zero-order valence-corrected chi connectivity index (χ0v) is 11.7. The molecule has 0 aliphatic rings. The molecule has 0 fully saturated rings. The molecule has 0 aromatic heterocycles. The Balaban J connectivity index is 0.00000225. The average molecular weight is 252 g/mol. The first kappa shape index (κ1) is 15.6. The van der Waals surface area contributed by atoms with E-state index in [1.165, 1.54) is 24.3 Å². The molecule has 0 N–H and O–H groups in total. The molecule has 1 aromatic carbocycles. The minimum absolute atomic E-state index is 0. The maximum absolute atomic E-state index is 10.5. The number of carbonyl (C=O) groups excluding carboxylic acids is 1. The predicted octanol–water partition coefficient (Wildman–Crippen LogP) is -2.23. The van der Waals surface area contributed by atoms with E-state index in [9.17, 15) is 17.8 Å². The molecule has 0 saturated carbocycles. The Morgan fingerprint density at radius 2 is 1.81 bits per heavy atom. The molecule has 5 nitrogen and oxygen atoms in total. The molecule has 1 unspecified atom stereocenters. The van der Waals surface area contributed by atoms with E-state index in [1.807, 2.05) is 0 Å². The summed E-state index contributed by atoms with van der Waals surface area (Å²) in [5, 5.41) is 0. The molecule has 0 bridgehead atoms. The maximum Gasteiger partial charge on any atom is 1.00 e. The van der Waals surface area contributed by atoms with E-state index in [0.29, 0.717) is 11.8 Å². The third kappa shape index (κ3) is 4.63. The van der Waals surface area contributed by atoms with Crippen molar-refractivity contribution >= 4 is 16.4 Å². The fourth-order valence-electron chi connectivity index (χ4n) is 0.876. The largest absolute Gasteiger partial charge is 1.00 e. The summed E-state index contributed by atoms with van der Waals surface area (Å²) < 4.78 is 36.4. The normalized spacial score (nSPS) is 12.4. The van der Waals surface area contributed by atoms with Crippen LogP contribution in [0.2, 0.25) is 0 Å². The van der Waals surface area contributed by atoms with Crippen molar-refractivity contribution in [1.29, 1.82) is 0 Å². The van der Waals surface area contributed by atoms with Gasteiger partial charge >= 0.3 is 29.6 Å². The van der Waals surface area contributed by atoms with Gasteiger partial charge in [0.25, 0.3) is 0 Å². The van der Waals surface area contributed by atoms with Crippen molar-refractivity contribution in [3.63, 3.8) is 0 Å². The van der Waals surface area contributed by atoms with Crippen LogP contribution in [0.4, 0.5) is 0 Å². The van der Waals surface area contributed by atoms with Gasteiger partial charge in [-0.05, 0) is 31.2 Å². The molecule has 1 atom stereocenters. The van der Waals surface area contributed by atoms with Crippen LogP contribution in [0.3, 0.4) is 0 Å². The van der Waals surface area contributed by atoms with Crippen LogP contribution in [0.5, 0.6) is 5.75 Å². The smallest absolute Gasteiger partial charge is 0.745 e. The monoisotopic (exact) mass is 252 g/mol. The fourth-order valence-corrected chi connectivity index (χ4v) is 1.10. The molecule has 0 aliphatic heterocycles. The van der Waals surface area contributed by atoms with Gasteiger partial charge in [-0.2, -0.15) is 0 Å². The second kappa shape index (κ2) is 6.36. The molecule has 0 radical (unpaired) electrons. The van der Waals surface area contributed by atoms with Crippen LogP contribution < -0.4 is 34.3 Å². The van der Waals surface area contributed by atoms with Gasteiger partial charge in [0, 0.05) is 5.56 Å². The molecule has 0 aliphatic carbocycles. The first-order valence-electron chi connectivity index (χ1n) is 4.10. The van der Waals surface area contributed by atoms with Crippen LogP contribution in [-0.2, 0) is 10.1 Å². The number of rotatable bonds is 4. The van der Waals surface area contributed by atoms with Gasteiger partial charge in [-0.1, -0.05) is 0 Å². The molecule has 1 aromatic rings. The number of aldehydes is 1. The Labute approximate surface area is 116 Å². The van der Waals surface area contributed by atoms with E-state index in [2.05, 4.69) is 0 Å². The van der Waals surface area contributed by atoms with Gasteiger partial charge < -0.3 is 9.29 Å². The minimum atomic E-state index is -4.46. The van der Waals surface area contributed by atoms with Crippen molar-refractivity contribution in [2.75, 3.05) is 0 Å². The summed E-state index contributed by atoms with van der Waals surface area (Å²) in [6.07, 6.45) is 0.650. The van der Waals surface area contributed by atoms with Crippen LogP contribution >= 0.6 is 0 Å². The van der Waals surface area contributed by atoms with Gasteiger partial charge in [0.05, 0.1) is 0 Å². The van der Waals surface area contributed by atoms with Gasteiger partial charge in [-0.25, -0.2) is 8.42 Å². The number of carbonyl (C=O) groups is 1. The van der Waals surface area contributed by atoms with Crippen LogP contribution in [0.25, 0.3) is 0 Å². The van der Waals surface area contributed by atoms with Gasteiger partial charge in [-0.3, -0.25) is 4.79 Å². The summed E-state index contributed by atoms with van der Waals surface area (Å²) in [5.41, 5.74) is -1.00. The first-order valence-corrected chi connectivity index (χ1v) is 5.57. The summed E-state index contributed by atoms with van der Waals surface area (Å²) in [5.74, 6) is 0.229. The van der Waals surface area contributed by atoms with Crippen LogP contribution in [0, 0.1) is 0 Å². The quantitative estimate of drug-likeness (QED) is 0.344. The van der Waals surface area contributed by atoms with Crippen molar-refractivity contribution < 1.29 is 52.1 Å². The summed E-state index contributed by atoms with van der Waals surface area (Å²) in [6, 6.07) is 5.77. The fraction of sp³-hybridized carbons (Fsp3) is 0.222. The Morgan fingerprint density at radius 1 is 1.31 bits per heavy atom. The second-order valence-electron chi connectivity index (χ2n) is 2.87. The topological polar surface area (TPSA) is 83.5 Å². The van der Waals surface area contributed by atoms with Crippen LogP contribution in [0.15, 0.2) is 24.3 Å². The SMILES string of the molecule is CC(Oc1ccc(C=O)cc1)S(=O)(=O)[O-].[Na+]. The number of hydrogen-bond donors (Lipinski definition) is 0. The molecule has 1 rings (SSSR count). The summed E-state index contributed by atoms with van der Waals surface area (Å²) in [4.78, 5) is 10.3. The van der Waals surface area contributed by atoms with E-state index in [-0.39, 0.29) is 35.3 Å². The summed E-state index contributed by atoms with van der Waals surface area (Å²) in [7, 11) is -4.46. The van der Waals surface area contributed by atoms with Crippen LogP contribution in [0.1, 0.15) is 17.3 Å². The van der Waals surface area contributed by atoms with Crippen molar-refractivity contribution in [2.24, 2.45) is 0 Å². The van der Waals surface area contributed by atoms with E-state index in [0.717, 1.165) is 6.92 Å². The van der Waals surface area contributed by atoms with Gasteiger partial charge in [-0.15, -0.1) is 0 Å². The summed E-state index contributed by atoms with van der Waals surface area (Å²) in [6.45, 7) is 1.15. The van der Waals surface area contributed by atoms with Gasteiger partial charge in [0.1, 0.15) is 22.2 Å². The Kier molecular flexibility index (Phi) is 6.20. The van der Waals surface area contributed by atoms with Crippen molar-refractivity contribution in [3.05, 3.63) is 29.8 Å². The van der Waals surface area contributed by atoms with Crippen molar-refractivity contribution in [1.82, 2.24) is 0 Å². The predicted molar refractivity (Wildman–Crippen MR) is 51.6 cm³/mol. The summed E-state index contributed by atoms with van der Waals surface area (Å²) >= 11 is 0. The second-order valence-corrected chi connectivity index (χ2v) is 4.51. The number of benzene rings is 1. The Morgan fingerprint density at radius 3 is 2.19 bits per heavy atom. The minimum Gasteiger partial charge on any atom is -0.745 e. The molecular formula is C9H9NaO5S. The van der Waals surface area contributed by atoms with E-state index < -0.39 is 15.6 Å². The Bertz CT molecular complexity index is 439. The van der Waals surface area contributed by atoms with Gasteiger partial charge in [0.15, 0.2) is 5.44 Å². The van der Waals surface area contributed by atoms with E-state index in [1.54, 1.807) is 0 Å². The van der Waals surface area contributed by atoms with Gasteiger partial charge in [0.2, 0.25) is 0 Å². The molecule has 16 heavy (non-hydrogen) atoms. The maximum atomic E-state index is 10.5.